The third-order valence-corrected chi connectivity index (χ3v) is 5.42. The molecule has 2 aromatic carbocycles. The van der Waals surface area contributed by atoms with Crippen LogP contribution < -0.4 is 10.6 Å². The van der Waals surface area contributed by atoms with Gasteiger partial charge in [-0.25, -0.2) is 9.97 Å². The Morgan fingerprint density at radius 1 is 1.12 bits per heavy atom. The van der Waals surface area contributed by atoms with Crippen molar-refractivity contribution in [1.29, 1.82) is 0 Å². The van der Waals surface area contributed by atoms with Gasteiger partial charge in [-0.05, 0) is 42.3 Å². The first-order valence-electron chi connectivity index (χ1n) is 10.1. The number of anilines is 2. The number of nitrogens with one attached hydrogen (secondary N) is 3. The van der Waals surface area contributed by atoms with E-state index in [9.17, 15) is 9.90 Å². The van der Waals surface area contributed by atoms with Crippen LogP contribution in [-0.2, 0) is 0 Å². The van der Waals surface area contributed by atoms with Crippen molar-refractivity contribution in [3.05, 3.63) is 93.9 Å². The second-order valence-corrected chi connectivity index (χ2v) is 8.30. The molecule has 0 spiro atoms. The molecule has 0 radical (unpaired) electrons. The molecule has 168 valence electrons. The van der Waals surface area contributed by atoms with Gasteiger partial charge in [0.15, 0.2) is 0 Å². The van der Waals surface area contributed by atoms with Crippen molar-refractivity contribution in [3.63, 3.8) is 0 Å². The number of aliphatic hydroxyl groups is 1. The summed E-state index contributed by atoms with van der Waals surface area (Å²) in [6.07, 6.45) is 3.40. The zero-order chi connectivity index (χ0) is 23.4. The monoisotopic (exact) mass is 481 g/mol. The van der Waals surface area contributed by atoms with Gasteiger partial charge < -0.3 is 20.7 Å². The molecule has 7 nitrogen and oxygen atoms in total. The SMILES string of the molecule is Cc1cnc(Nc2cc(Cl)cc(Cl)c2)nc1-c1c[nH]c(C(=O)N[C@H](CO)c2ccccc2)c1. The van der Waals surface area contributed by atoms with E-state index in [-0.39, 0.29) is 12.5 Å². The Labute approximate surface area is 200 Å². The van der Waals surface area contributed by atoms with Gasteiger partial charge in [-0.1, -0.05) is 53.5 Å². The highest BCUT2D eigenvalue weighted by molar-refractivity contribution is 6.35. The van der Waals surface area contributed by atoms with Crippen LogP contribution in [0.3, 0.4) is 0 Å². The molecule has 4 aromatic rings. The van der Waals surface area contributed by atoms with Gasteiger partial charge in [-0.3, -0.25) is 4.79 Å². The molecule has 0 fully saturated rings. The lowest BCUT2D eigenvalue weighted by Gasteiger charge is -2.16. The summed E-state index contributed by atoms with van der Waals surface area (Å²) >= 11 is 12.1. The van der Waals surface area contributed by atoms with E-state index in [4.69, 9.17) is 23.2 Å². The molecule has 0 unspecified atom stereocenters. The molecule has 2 aromatic heterocycles. The molecule has 1 amide bonds. The maximum atomic E-state index is 12.8. The summed E-state index contributed by atoms with van der Waals surface area (Å²) in [5.41, 5.74) is 4.07. The zero-order valence-electron chi connectivity index (χ0n) is 17.6. The van der Waals surface area contributed by atoms with Crippen molar-refractivity contribution in [2.45, 2.75) is 13.0 Å². The van der Waals surface area contributed by atoms with Crippen LogP contribution in [0.25, 0.3) is 11.3 Å². The Kier molecular flexibility index (Phi) is 6.93. The number of hydrogen-bond donors (Lipinski definition) is 4. The standard InChI is InChI=1S/C24H21Cl2N5O2/c1-14-11-28-24(29-19-9-17(25)8-18(26)10-19)31-22(14)16-7-20(27-12-16)23(33)30-21(13-32)15-5-3-2-4-6-15/h2-12,21,27,32H,13H2,1H3,(H,30,33)(H,28,29,31)/t21-/m1/s1. The molecule has 2 heterocycles. The van der Waals surface area contributed by atoms with Crippen LogP contribution in [0.2, 0.25) is 10.0 Å². The van der Waals surface area contributed by atoms with Crippen LogP contribution in [0.5, 0.6) is 0 Å². The summed E-state index contributed by atoms with van der Waals surface area (Å²) < 4.78 is 0. The Morgan fingerprint density at radius 3 is 2.55 bits per heavy atom. The fraction of sp³-hybridized carbons (Fsp3) is 0.125. The van der Waals surface area contributed by atoms with E-state index in [1.165, 1.54) is 0 Å². The molecule has 0 aliphatic heterocycles. The van der Waals surface area contributed by atoms with Gasteiger partial charge in [0, 0.05) is 33.7 Å². The van der Waals surface area contributed by atoms with Gasteiger partial charge in [0.05, 0.1) is 18.3 Å². The summed E-state index contributed by atoms with van der Waals surface area (Å²) in [7, 11) is 0. The van der Waals surface area contributed by atoms with Gasteiger partial charge >= 0.3 is 0 Å². The number of halogens is 2. The zero-order valence-corrected chi connectivity index (χ0v) is 19.2. The average Bonchev–Trinajstić information content (AvgIpc) is 3.29. The lowest BCUT2D eigenvalue weighted by Crippen LogP contribution is -2.30. The number of H-pyrrole nitrogens is 1. The van der Waals surface area contributed by atoms with Crippen LogP contribution >= 0.6 is 23.2 Å². The topological polar surface area (TPSA) is 103 Å². The van der Waals surface area contributed by atoms with Crippen molar-refractivity contribution in [1.82, 2.24) is 20.3 Å². The molecule has 4 N–H and O–H groups in total. The number of aromatic amines is 1. The predicted octanol–water partition coefficient (Wildman–Crippen LogP) is 5.29. The molecular formula is C24H21Cl2N5O2. The maximum Gasteiger partial charge on any atom is 0.268 e. The predicted molar refractivity (Wildman–Crippen MR) is 130 cm³/mol. The molecule has 4 rings (SSSR count). The number of carbonyl (C=O) groups is 1. The fourth-order valence-corrected chi connectivity index (χ4v) is 3.89. The smallest absolute Gasteiger partial charge is 0.268 e. The van der Waals surface area contributed by atoms with Crippen molar-refractivity contribution < 1.29 is 9.90 Å². The van der Waals surface area contributed by atoms with Gasteiger partial charge in [0.1, 0.15) is 5.69 Å². The molecule has 33 heavy (non-hydrogen) atoms. The van der Waals surface area contributed by atoms with Crippen LogP contribution in [0.1, 0.15) is 27.7 Å². The number of carbonyl (C=O) groups excluding carboxylic acids is 1. The van der Waals surface area contributed by atoms with E-state index >= 15 is 0 Å². The molecule has 0 aliphatic carbocycles. The Balaban J connectivity index is 1.54. The summed E-state index contributed by atoms with van der Waals surface area (Å²) in [5, 5.41) is 16.6. The largest absolute Gasteiger partial charge is 0.394 e. The minimum absolute atomic E-state index is 0.211. The summed E-state index contributed by atoms with van der Waals surface area (Å²) in [6, 6.07) is 15.6. The lowest BCUT2D eigenvalue weighted by atomic mass is 10.1. The molecule has 0 aliphatic rings. The van der Waals surface area contributed by atoms with Crippen molar-refractivity contribution in [2.24, 2.45) is 0 Å². The number of hydrogen-bond acceptors (Lipinski definition) is 5. The van der Waals surface area contributed by atoms with E-state index in [0.717, 1.165) is 16.7 Å². The van der Waals surface area contributed by atoms with E-state index in [2.05, 4.69) is 25.6 Å². The molecule has 9 heteroatoms. The average molecular weight is 482 g/mol. The van der Waals surface area contributed by atoms with Gasteiger partial charge in [0.2, 0.25) is 5.95 Å². The van der Waals surface area contributed by atoms with Gasteiger partial charge in [-0.15, -0.1) is 0 Å². The van der Waals surface area contributed by atoms with Gasteiger partial charge in [-0.2, -0.15) is 0 Å². The Hall–Kier alpha value is -3.39. The highest BCUT2D eigenvalue weighted by Crippen LogP contribution is 2.27. The minimum Gasteiger partial charge on any atom is -0.394 e. The summed E-state index contributed by atoms with van der Waals surface area (Å²) in [4.78, 5) is 24.7. The molecule has 0 bridgehead atoms. The van der Waals surface area contributed by atoms with Crippen molar-refractivity contribution in [3.8, 4) is 11.3 Å². The normalized spacial score (nSPS) is 11.8. The number of aliphatic hydroxyl groups excluding tert-OH is 1. The minimum atomic E-state index is -0.508. The van der Waals surface area contributed by atoms with Crippen LogP contribution in [0.15, 0.2) is 67.0 Å². The van der Waals surface area contributed by atoms with Crippen molar-refractivity contribution >= 4 is 40.7 Å². The summed E-state index contributed by atoms with van der Waals surface area (Å²) in [6.45, 7) is 1.68. The molecule has 0 saturated heterocycles. The maximum absolute atomic E-state index is 12.8. The van der Waals surface area contributed by atoms with E-state index in [1.807, 2.05) is 37.3 Å². The lowest BCUT2D eigenvalue weighted by molar-refractivity contribution is 0.0912. The molecular weight excluding hydrogens is 461 g/mol. The number of rotatable bonds is 7. The highest BCUT2D eigenvalue weighted by Gasteiger charge is 2.17. The number of benzene rings is 2. The second-order valence-electron chi connectivity index (χ2n) is 7.43. The molecule has 1 atom stereocenters. The first kappa shape index (κ1) is 22.8. The van der Waals surface area contributed by atoms with Crippen molar-refractivity contribution in [2.75, 3.05) is 11.9 Å². The fourth-order valence-electron chi connectivity index (χ4n) is 3.37. The second kappa shape index (κ2) is 10.0. The number of nitrogens with zero attached hydrogens (tertiary/aromatic N) is 2. The van der Waals surface area contributed by atoms with Gasteiger partial charge in [0.25, 0.3) is 5.91 Å². The van der Waals surface area contributed by atoms with Crippen LogP contribution in [0.4, 0.5) is 11.6 Å². The third kappa shape index (κ3) is 5.51. The Bertz CT molecular complexity index is 1260. The highest BCUT2D eigenvalue weighted by atomic mass is 35.5. The van der Waals surface area contributed by atoms with E-state index in [0.29, 0.717) is 33.1 Å². The summed E-state index contributed by atoms with van der Waals surface area (Å²) in [5.74, 6) is 0.0355. The number of aryl methyl sites for hydroxylation is 1. The number of amides is 1. The Morgan fingerprint density at radius 2 is 1.85 bits per heavy atom. The van der Waals surface area contributed by atoms with E-state index in [1.54, 1.807) is 36.7 Å². The number of aromatic nitrogens is 3. The first-order valence-corrected chi connectivity index (χ1v) is 10.9. The van der Waals surface area contributed by atoms with Crippen LogP contribution in [0, 0.1) is 6.92 Å². The van der Waals surface area contributed by atoms with E-state index < -0.39 is 6.04 Å². The quantitative estimate of drug-likeness (QED) is 0.287. The third-order valence-electron chi connectivity index (χ3n) is 4.98. The first-order chi connectivity index (χ1) is 15.9. The molecule has 0 saturated carbocycles. The van der Waals surface area contributed by atoms with Crippen LogP contribution in [-0.4, -0.2) is 32.6 Å².